The van der Waals surface area contributed by atoms with Gasteiger partial charge in [-0.2, -0.15) is 0 Å². The number of nitrogens with one attached hydrogen (secondary N) is 1. The van der Waals surface area contributed by atoms with Gasteiger partial charge in [0.2, 0.25) is 11.8 Å². The molecule has 0 saturated carbocycles. The molecule has 1 atom stereocenters. The minimum Gasteiger partial charge on any atom is -0.492 e. The highest BCUT2D eigenvalue weighted by atomic mass is 35.5. The van der Waals surface area contributed by atoms with Crippen molar-refractivity contribution in [1.82, 2.24) is 10.2 Å². The maximum Gasteiger partial charge on any atom is 0.264 e. The zero-order chi connectivity index (χ0) is 30.4. The molecule has 3 aromatic rings. The molecule has 1 N–H and O–H groups in total. The van der Waals surface area contributed by atoms with Gasteiger partial charge < -0.3 is 15.0 Å². The van der Waals surface area contributed by atoms with E-state index in [4.69, 9.17) is 16.3 Å². The molecule has 0 aliphatic heterocycles. The number of sulfonamides is 1. The molecular formula is C30H35ClFN3O5S. The summed E-state index contributed by atoms with van der Waals surface area (Å²) in [6, 6.07) is 16.9. The van der Waals surface area contributed by atoms with Crippen molar-refractivity contribution in [2.45, 2.75) is 57.6 Å². The fraction of sp³-hybridized carbons (Fsp3) is 0.333. The van der Waals surface area contributed by atoms with Crippen molar-refractivity contribution in [2.24, 2.45) is 0 Å². The monoisotopic (exact) mass is 603 g/mol. The molecule has 11 heteroatoms. The molecule has 0 unspecified atom stereocenters. The number of hydrogen-bond acceptors (Lipinski definition) is 5. The quantitative estimate of drug-likeness (QED) is 0.316. The van der Waals surface area contributed by atoms with E-state index < -0.39 is 45.8 Å². The highest BCUT2D eigenvalue weighted by Crippen LogP contribution is 2.33. The third-order valence-corrected chi connectivity index (χ3v) is 8.10. The maximum absolute atomic E-state index is 14.7. The van der Waals surface area contributed by atoms with Crippen molar-refractivity contribution in [3.63, 3.8) is 0 Å². The van der Waals surface area contributed by atoms with Crippen LogP contribution in [0.25, 0.3) is 0 Å². The molecule has 0 heterocycles. The number of carbonyl (C=O) groups is 2. The van der Waals surface area contributed by atoms with Crippen LogP contribution in [0, 0.1) is 5.82 Å². The van der Waals surface area contributed by atoms with Gasteiger partial charge in [0, 0.05) is 22.7 Å². The number of nitrogens with zero attached hydrogens (tertiary/aromatic N) is 2. The fourth-order valence-electron chi connectivity index (χ4n) is 4.05. The molecule has 0 radical (unpaired) electrons. The Kier molecular flexibility index (Phi) is 10.4. The molecule has 8 nitrogen and oxygen atoms in total. The highest BCUT2D eigenvalue weighted by molar-refractivity contribution is 7.92. The van der Waals surface area contributed by atoms with Crippen LogP contribution in [-0.2, 0) is 26.2 Å². The summed E-state index contributed by atoms with van der Waals surface area (Å²) in [5.41, 5.74) is -0.285. The summed E-state index contributed by atoms with van der Waals surface area (Å²) in [5, 5.41) is 3.18. The maximum atomic E-state index is 14.7. The number of para-hydroxylation sites is 2. The van der Waals surface area contributed by atoms with E-state index in [1.165, 1.54) is 60.4 Å². The summed E-state index contributed by atoms with van der Waals surface area (Å²) < 4.78 is 49.3. The lowest BCUT2D eigenvalue weighted by Crippen LogP contribution is -2.54. The Hall–Kier alpha value is -3.63. The predicted octanol–water partition coefficient (Wildman–Crippen LogP) is 5.41. The number of carbonyl (C=O) groups excluding carboxylic acids is 2. The Bertz CT molecular complexity index is 1480. The lowest BCUT2D eigenvalue weighted by atomic mass is 10.1. The number of hydrogen-bond donors (Lipinski definition) is 1. The highest BCUT2D eigenvalue weighted by Gasteiger charge is 2.34. The number of anilines is 1. The molecule has 0 aromatic heterocycles. The Balaban J connectivity index is 2.10. The van der Waals surface area contributed by atoms with Gasteiger partial charge in [0.05, 0.1) is 17.2 Å². The molecule has 0 saturated heterocycles. The Morgan fingerprint density at radius 3 is 2.22 bits per heavy atom. The molecule has 0 fully saturated rings. The van der Waals surface area contributed by atoms with Crippen LogP contribution in [0.15, 0.2) is 77.7 Å². The van der Waals surface area contributed by atoms with Gasteiger partial charge in [-0.15, -0.1) is 0 Å². The van der Waals surface area contributed by atoms with Crippen molar-refractivity contribution >= 4 is 39.1 Å². The van der Waals surface area contributed by atoms with Crippen LogP contribution in [0.3, 0.4) is 0 Å². The first-order valence-corrected chi connectivity index (χ1v) is 14.9. The predicted molar refractivity (Wildman–Crippen MR) is 158 cm³/mol. The zero-order valence-electron chi connectivity index (χ0n) is 23.7. The largest absolute Gasteiger partial charge is 0.492 e. The van der Waals surface area contributed by atoms with Gasteiger partial charge in [0.25, 0.3) is 10.0 Å². The van der Waals surface area contributed by atoms with Gasteiger partial charge in [-0.05, 0) is 77.1 Å². The molecule has 41 heavy (non-hydrogen) atoms. The summed E-state index contributed by atoms with van der Waals surface area (Å²) in [7, 11) is -4.32. The average Bonchev–Trinajstić information content (AvgIpc) is 2.90. The van der Waals surface area contributed by atoms with Crippen LogP contribution < -0.4 is 14.4 Å². The molecule has 2 amide bonds. The summed E-state index contributed by atoms with van der Waals surface area (Å²) in [6.07, 6.45) is 0. The second-order valence-electron chi connectivity index (χ2n) is 10.4. The van der Waals surface area contributed by atoms with E-state index >= 15 is 0 Å². The van der Waals surface area contributed by atoms with Crippen LogP contribution >= 0.6 is 11.6 Å². The molecule has 3 aromatic carbocycles. The van der Waals surface area contributed by atoms with Crippen LogP contribution in [-0.4, -0.2) is 49.9 Å². The van der Waals surface area contributed by atoms with E-state index in [0.29, 0.717) is 5.02 Å². The number of rotatable bonds is 11. The van der Waals surface area contributed by atoms with E-state index in [9.17, 15) is 22.4 Å². The number of ether oxygens (including phenoxy) is 1. The van der Waals surface area contributed by atoms with Gasteiger partial charge >= 0.3 is 0 Å². The van der Waals surface area contributed by atoms with E-state index in [1.807, 2.05) is 0 Å². The molecule has 3 rings (SSSR count). The Labute approximate surface area is 246 Å². The van der Waals surface area contributed by atoms with Crippen molar-refractivity contribution in [3.05, 3.63) is 89.2 Å². The standard InChI is InChI=1S/C30H35ClFN3O5S/c1-6-40-27-14-10-9-13-26(27)35(41(38,39)24-17-15-23(31)16-18-24)20-28(36)34(19-22-11-7-8-12-25(22)32)21(2)29(37)33-30(3,4)5/h7-18,21H,6,19-20H2,1-5H3,(H,33,37)/t21-/m1/s1. The molecular weight excluding hydrogens is 569 g/mol. The SMILES string of the molecule is CCOc1ccccc1N(CC(=O)N(Cc1ccccc1F)[C@H](C)C(=O)NC(C)(C)C)S(=O)(=O)c1ccc(Cl)cc1. The van der Waals surface area contributed by atoms with E-state index in [-0.39, 0.29) is 35.0 Å². The van der Waals surface area contributed by atoms with Crippen molar-refractivity contribution in [1.29, 1.82) is 0 Å². The minimum absolute atomic E-state index is 0.0971. The van der Waals surface area contributed by atoms with Crippen LogP contribution in [0.4, 0.5) is 10.1 Å². The minimum atomic E-state index is -4.32. The Morgan fingerprint density at radius 1 is 1.00 bits per heavy atom. The second kappa shape index (κ2) is 13.4. The second-order valence-corrected chi connectivity index (χ2v) is 12.7. The van der Waals surface area contributed by atoms with Gasteiger partial charge in [0.15, 0.2) is 0 Å². The first kappa shape index (κ1) is 31.9. The van der Waals surface area contributed by atoms with Gasteiger partial charge in [-0.1, -0.05) is 41.9 Å². The summed E-state index contributed by atoms with van der Waals surface area (Å²) in [5.74, 6) is -1.49. The van der Waals surface area contributed by atoms with Crippen LogP contribution in [0.5, 0.6) is 5.75 Å². The van der Waals surface area contributed by atoms with E-state index in [1.54, 1.807) is 52.0 Å². The van der Waals surface area contributed by atoms with Crippen molar-refractivity contribution in [2.75, 3.05) is 17.5 Å². The number of halogens is 2. The summed E-state index contributed by atoms with van der Waals surface area (Å²) >= 11 is 5.99. The number of amides is 2. The van der Waals surface area contributed by atoms with E-state index in [2.05, 4.69) is 5.32 Å². The van der Waals surface area contributed by atoms with Crippen LogP contribution in [0.1, 0.15) is 40.2 Å². The first-order valence-electron chi connectivity index (χ1n) is 13.1. The number of benzene rings is 3. The summed E-state index contributed by atoms with van der Waals surface area (Å²) in [6.45, 7) is 7.98. The fourth-order valence-corrected chi connectivity index (χ4v) is 5.61. The molecule has 0 aliphatic carbocycles. The molecule has 0 aliphatic rings. The lowest BCUT2D eigenvalue weighted by Gasteiger charge is -2.33. The zero-order valence-corrected chi connectivity index (χ0v) is 25.3. The van der Waals surface area contributed by atoms with Gasteiger partial charge in [0.1, 0.15) is 24.2 Å². The van der Waals surface area contributed by atoms with Gasteiger partial charge in [-0.25, -0.2) is 12.8 Å². The third kappa shape index (κ3) is 8.20. The Morgan fingerprint density at radius 2 is 1.61 bits per heavy atom. The molecule has 0 bridgehead atoms. The first-order chi connectivity index (χ1) is 19.2. The topological polar surface area (TPSA) is 96.0 Å². The third-order valence-electron chi connectivity index (χ3n) is 6.08. The smallest absolute Gasteiger partial charge is 0.264 e. The summed E-state index contributed by atoms with van der Waals surface area (Å²) in [4.78, 5) is 28.2. The lowest BCUT2D eigenvalue weighted by molar-refractivity contribution is -0.140. The van der Waals surface area contributed by atoms with Gasteiger partial charge in [-0.3, -0.25) is 13.9 Å². The van der Waals surface area contributed by atoms with Crippen molar-refractivity contribution < 1.29 is 27.1 Å². The normalized spacial score (nSPS) is 12.4. The average molecular weight is 604 g/mol. The molecule has 0 spiro atoms. The van der Waals surface area contributed by atoms with Crippen molar-refractivity contribution in [3.8, 4) is 5.75 Å². The van der Waals surface area contributed by atoms with E-state index in [0.717, 1.165) is 4.31 Å². The molecule has 220 valence electrons. The van der Waals surface area contributed by atoms with Crippen LogP contribution in [0.2, 0.25) is 5.02 Å².